The maximum atomic E-state index is 9.93. The summed E-state index contributed by atoms with van der Waals surface area (Å²) in [5.74, 6) is 3.64. The summed E-state index contributed by atoms with van der Waals surface area (Å²) in [6.07, 6.45) is 1.23. The molecule has 3 heterocycles. The Balaban J connectivity index is 1.66. The number of aliphatic hydroxyl groups is 1. The Bertz CT molecular complexity index is 870. The Morgan fingerprint density at radius 3 is 3.07 bits per heavy atom. The standard InChI is InChI=1S/C22H26N2O2S/c1-26-17-2-3-18(15(9-17)12-25)14-8-16-13-27-7-6-24-21-4-5-23-11-20(21)19(10-14)22(16)24/h2-3,8-10,20-21,23,25H,4-7,11-13H2,1H3/t20-,21-/m0/s1. The molecule has 0 unspecified atom stereocenters. The lowest BCUT2D eigenvalue weighted by Crippen LogP contribution is -2.44. The molecule has 0 bridgehead atoms. The quantitative estimate of drug-likeness (QED) is 0.852. The van der Waals surface area contributed by atoms with E-state index < -0.39 is 0 Å². The Hall–Kier alpha value is -1.69. The fourth-order valence-electron chi connectivity index (χ4n) is 5.05. The molecular formula is C22H26N2O2S. The van der Waals surface area contributed by atoms with Crippen molar-refractivity contribution in [3.63, 3.8) is 0 Å². The molecule has 142 valence electrons. The number of piperidine rings is 1. The summed E-state index contributed by atoms with van der Waals surface area (Å²) >= 11 is 2.04. The molecule has 27 heavy (non-hydrogen) atoms. The van der Waals surface area contributed by atoms with Gasteiger partial charge in [-0.15, -0.1) is 0 Å². The van der Waals surface area contributed by atoms with Crippen LogP contribution in [0.25, 0.3) is 11.1 Å². The van der Waals surface area contributed by atoms with Gasteiger partial charge in [0.1, 0.15) is 5.75 Å². The van der Waals surface area contributed by atoms with E-state index in [4.69, 9.17) is 4.74 Å². The molecule has 2 aromatic carbocycles. The second-order valence-electron chi connectivity index (χ2n) is 7.67. The van der Waals surface area contributed by atoms with Crippen molar-refractivity contribution in [2.45, 2.75) is 30.7 Å². The minimum Gasteiger partial charge on any atom is -0.497 e. The largest absolute Gasteiger partial charge is 0.497 e. The zero-order chi connectivity index (χ0) is 18.4. The number of aliphatic hydroxyl groups excluding tert-OH is 1. The Morgan fingerprint density at radius 1 is 1.30 bits per heavy atom. The molecular weight excluding hydrogens is 356 g/mol. The van der Waals surface area contributed by atoms with E-state index in [1.807, 2.05) is 23.9 Å². The van der Waals surface area contributed by atoms with E-state index in [9.17, 15) is 5.11 Å². The summed E-state index contributed by atoms with van der Waals surface area (Å²) in [6, 6.07) is 11.4. The Morgan fingerprint density at radius 2 is 2.22 bits per heavy atom. The lowest BCUT2D eigenvalue weighted by molar-refractivity contribution is 0.281. The fourth-order valence-corrected chi connectivity index (χ4v) is 5.96. The number of anilines is 1. The van der Waals surface area contributed by atoms with E-state index in [0.29, 0.717) is 12.0 Å². The van der Waals surface area contributed by atoms with Crippen LogP contribution in [0.2, 0.25) is 0 Å². The molecule has 0 saturated carbocycles. The van der Waals surface area contributed by atoms with Crippen LogP contribution < -0.4 is 15.0 Å². The number of nitrogens with zero attached hydrogens (tertiary/aromatic N) is 1. The molecule has 0 aliphatic carbocycles. The van der Waals surface area contributed by atoms with Crippen LogP contribution in [0.3, 0.4) is 0 Å². The number of hydrogen-bond acceptors (Lipinski definition) is 5. The summed E-state index contributed by atoms with van der Waals surface area (Å²) in [5.41, 5.74) is 7.73. The monoisotopic (exact) mass is 382 g/mol. The predicted molar refractivity (Wildman–Crippen MR) is 112 cm³/mol. The van der Waals surface area contributed by atoms with Gasteiger partial charge in [-0.1, -0.05) is 6.07 Å². The maximum Gasteiger partial charge on any atom is 0.119 e. The van der Waals surface area contributed by atoms with Gasteiger partial charge >= 0.3 is 0 Å². The third-order valence-electron chi connectivity index (χ3n) is 6.28. The van der Waals surface area contributed by atoms with E-state index in [2.05, 4.69) is 28.4 Å². The summed E-state index contributed by atoms with van der Waals surface area (Å²) in [6.45, 7) is 3.37. The van der Waals surface area contributed by atoms with Crippen LogP contribution in [0.1, 0.15) is 29.0 Å². The van der Waals surface area contributed by atoms with Gasteiger partial charge in [-0.25, -0.2) is 0 Å². The molecule has 1 saturated heterocycles. The van der Waals surface area contributed by atoms with Gasteiger partial charge in [-0.05, 0) is 65.0 Å². The van der Waals surface area contributed by atoms with Gasteiger partial charge < -0.3 is 20.1 Å². The average Bonchev–Trinajstić information content (AvgIpc) is 2.88. The molecule has 0 amide bonds. The summed E-state index contributed by atoms with van der Waals surface area (Å²) in [7, 11) is 1.67. The minimum absolute atomic E-state index is 0.0213. The van der Waals surface area contributed by atoms with Crippen LogP contribution >= 0.6 is 11.8 Å². The highest BCUT2D eigenvalue weighted by Gasteiger charge is 2.41. The molecule has 0 radical (unpaired) electrons. The zero-order valence-corrected chi connectivity index (χ0v) is 16.5. The second-order valence-corrected chi connectivity index (χ2v) is 8.77. The molecule has 5 heteroatoms. The lowest BCUT2D eigenvalue weighted by Gasteiger charge is -2.33. The molecule has 4 nitrogen and oxygen atoms in total. The number of thioether (sulfide) groups is 1. The molecule has 2 N–H and O–H groups in total. The molecule has 3 aliphatic rings. The molecule has 0 aromatic heterocycles. The van der Waals surface area contributed by atoms with Crippen molar-refractivity contribution in [2.75, 3.05) is 37.4 Å². The van der Waals surface area contributed by atoms with Crippen LogP contribution in [0, 0.1) is 0 Å². The highest BCUT2D eigenvalue weighted by molar-refractivity contribution is 7.98. The SMILES string of the molecule is COc1ccc(-c2cc3c4c(c2)[C@@H]2CNCC[C@@H]2N4CCSC3)c(CO)c1. The number of rotatable bonds is 3. The topological polar surface area (TPSA) is 44.7 Å². The first-order chi connectivity index (χ1) is 13.3. The van der Waals surface area contributed by atoms with E-state index >= 15 is 0 Å². The molecule has 1 fully saturated rings. The van der Waals surface area contributed by atoms with Gasteiger partial charge in [0, 0.05) is 42.2 Å². The van der Waals surface area contributed by atoms with Crippen LogP contribution in [-0.2, 0) is 12.4 Å². The highest BCUT2D eigenvalue weighted by Crippen LogP contribution is 2.49. The first-order valence-corrected chi connectivity index (χ1v) is 11.0. The van der Waals surface area contributed by atoms with Gasteiger partial charge in [0.15, 0.2) is 0 Å². The Kier molecular flexibility index (Phi) is 4.54. The number of hydrogen-bond donors (Lipinski definition) is 2. The lowest BCUT2D eigenvalue weighted by atomic mass is 9.87. The predicted octanol–water partition coefficient (Wildman–Crippen LogP) is 3.37. The van der Waals surface area contributed by atoms with Crippen LogP contribution in [0.4, 0.5) is 5.69 Å². The number of ether oxygens (including phenoxy) is 1. The average molecular weight is 383 g/mol. The van der Waals surface area contributed by atoms with E-state index in [1.165, 1.54) is 34.6 Å². The fraction of sp³-hybridized carbons (Fsp3) is 0.455. The molecule has 2 aromatic rings. The van der Waals surface area contributed by atoms with Crippen LogP contribution in [0.5, 0.6) is 5.75 Å². The summed E-state index contributed by atoms with van der Waals surface area (Å²) in [4.78, 5) is 2.70. The first kappa shape index (κ1) is 17.4. The van der Waals surface area contributed by atoms with Gasteiger partial charge in [-0.2, -0.15) is 11.8 Å². The van der Waals surface area contributed by atoms with Gasteiger partial charge in [0.05, 0.1) is 13.7 Å². The summed E-state index contributed by atoms with van der Waals surface area (Å²) < 4.78 is 5.35. The molecule has 5 rings (SSSR count). The van der Waals surface area contributed by atoms with E-state index in [1.54, 1.807) is 7.11 Å². The van der Waals surface area contributed by atoms with Crippen molar-refractivity contribution in [1.82, 2.24) is 5.32 Å². The molecule has 0 spiro atoms. The smallest absolute Gasteiger partial charge is 0.119 e. The third kappa shape index (κ3) is 2.84. The van der Waals surface area contributed by atoms with E-state index in [0.717, 1.165) is 42.3 Å². The van der Waals surface area contributed by atoms with Gasteiger partial charge in [0.25, 0.3) is 0 Å². The number of fused-ring (bicyclic) bond motifs is 3. The number of nitrogens with one attached hydrogen (secondary N) is 1. The van der Waals surface area contributed by atoms with Gasteiger partial charge in [0.2, 0.25) is 0 Å². The third-order valence-corrected chi connectivity index (χ3v) is 7.27. The Labute approximate surface area is 164 Å². The van der Waals surface area contributed by atoms with Crippen molar-refractivity contribution in [3.05, 3.63) is 47.0 Å². The second kappa shape index (κ2) is 7.04. The highest BCUT2D eigenvalue weighted by atomic mass is 32.2. The number of methoxy groups -OCH3 is 1. The maximum absolute atomic E-state index is 9.93. The van der Waals surface area contributed by atoms with Crippen molar-refractivity contribution >= 4 is 17.4 Å². The van der Waals surface area contributed by atoms with Crippen molar-refractivity contribution in [3.8, 4) is 16.9 Å². The zero-order valence-electron chi connectivity index (χ0n) is 15.7. The van der Waals surface area contributed by atoms with Crippen LogP contribution in [0.15, 0.2) is 30.3 Å². The molecule has 3 aliphatic heterocycles. The number of benzene rings is 2. The van der Waals surface area contributed by atoms with Crippen molar-refractivity contribution < 1.29 is 9.84 Å². The minimum atomic E-state index is 0.0213. The van der Waals surface area contributed by atoms with Crippen molar-refractivity contribution in [2.24, 2.45) is 0 Å². The van der Waals surface area contributed by atoms with Gasteiger partial charge in [-0.3, -0.25) is 0 Å². The first-order valence-electron chi connectivity index (χ1n) is 9.80. The van der Waals surface area contributed by atoms with E-state index in [-0.39, 0.29) is 6.61 Å². The van der Waals surface area contributed by atoms with Crippen LogP contribution in [-0.4, -0.2) is 43.6 Å². The van der Waals surface area contributed by atoms with Crippen molar-refractivity contribution in [1.29, 1.82) is 0 Å². The summed E-state index contributed by atoms with van der Waals surface area (Å²) in [5, 5.41) is 13.5. The molecule has 2 atom stereocenters. The normalized spacial score (nSPS) is 23.6.